The molecular formula is C19H13ClO2. The van der Waals surface area contributed by atoms with Gasteiger partial charge in [-0.3, -0.25) is 4.79 Å². The summed E-state index contributed by atoms with van der Waals surface area (Å²) in [6.07, 6.45) is 0. The van der Waals surface area contributed by atoms with Gasteiger partial charge in [0.15, 0.2) is 5.78 Å². The van der Waals surface area contributed by atoms with Crippen molar-refractivity contribution in [2.75, 3.05) is 0 Å². The number of phenols is 1. The van der Waals surface area contributed by atoms with Crippen LogP contribution < -0.4 is 0 Å². The van der Waals surface area contributed by atoms with Crippen LogP contribution in [-0.2, 0) is 0 Å². The monoisotopic (exact) mass is 308 g/mol. The molecule has 0 aliphatic carbocycles. The zero-order valence-electron chi connectivity index (χ0n) is 11.7. The lowest BCUT2D eigenvalue weighted by Crippen LogP contribution is -2.01. The van der Waals surface area contributed by atoms with Crippen molar-refractivity contribution in [1.29, 1.82) is 0 Å². The molecule has 0 aromatic heterocycles. The van der Waals surface area contributed by atoms with E-state index in [1.165, 1.54) is 0 Å². The molecule has 0 saturated carbocycles. The van der Waals surface area contributed by atoms with Crippen LogP contribution in [0.4, 0.5) is 0 Å². The van der Waals surface area contributed by atoms with Crippen molar-refractivity contribution < 1.29 is 9.90 Å². The Morgan fingerprint density at radius 1 is 0.818 bits per heavy atom. The smallest absolute Gasteiger partial charge is 0.193 e. The Kier molecular flexibility index (Phi) is 3.94. The van der Waals surface area contributed by atoms with E-state index in [2.05, 4.69) is 0 Å². The van der Waals surface area contributed by atoms with Crippen molar-refractivity contribution in [2.45, 2.75) is 0 Å². The largest absolute Gasteiger partial charge is 0.507 e. The highest BCUT2D eigenvalue weighted by atomic mass is 35.5. The average molecular weight is 309 g/mol. The SMILES string of the molecule is O=C(c1ccc(Cl)cc1)c1ccc(O)c(-c2ccccc2)c1. The molecule has 3 aromatic carbocycles. The molecule has 0 saturated heterocycles. The number of hydrogen-bond acceptors (Lipinski definition) is 2. The van der Waals surface area contributed by atoms with E-state index in [-0.39, 0.29) is 11.5 Å². The van der Waals surface area contributed by atoms with Gasteiger partial charge in [0.25, 0.3) is 0 Å². The summed E-state index contributed by atoms with van der Waals surface area (Å²) < 4.78 is 0. The molecule has 1 N–H and O–H groups in total. The lowest BCUT2D eigenvalue weighted by Gasteiger charge is -2.08. The van der Waals surface area contributed by atoms with E-state index >= 15 is 0 Å². The van der Waals surface area contributed by atoms with Crippen molar-refractivity contribution in [3.05, 3.63) is 88.9 Å². The van der Waals surface area contributed by atoms with Gasteiger partial charge in [-0.15, -0.1) is 0 Å². The van der Waals surface area contributed by atoms with E-state index < -0.39 is 0 Å². The van der Waals surface area contributed by atoms with Gasteiger partial charge in [0.1, 0.15) is 5.75 Å². The summed E-state index contributed by atoms with van der Waals surface area (Å²) in [7, 11) is 0. The summed E-state index contributed by atoms with van der Waals surface area (Å²) in [4.78, 5) is 12.5. The Morgan fingerprint density at radius 3 is 2.14 bits per heavy atom. The van der Waals surface area contributed by atoms with Gasteiger partial charge in [0.05, 0.1) is 0 Å². The summed E-state index contributed by atoms with van der Waals surface area (Å²) in [5.74, 6) is 0.0488. The van der Waals surface area contributed by atoms with Crippen molar-refractivity contribution in [1.82, 2.24) is 0 Å². The van der Waals surface area contributed by atoms with E-state index in [1.54, 1.807) is 42.5 Å². The van der Waals surface area contributed by atoms with Crippen LogP contribution in [0.2, 0.25) is 5.02 Å². The van der Waals surface area contributed by atoms with Crippen molar-refractivity contribution in [2.24, 2.45) is 0 Å². The van der Waals surface area contributed by atoms with Crippen LogP contribution in [0.15, 0.2) is 72.8 Å². The molecule has 3 heteroatoms. The highest BCUT2D eigenvalue weighted by molar-refractivity contribution is 6.30. The summed E-state index contributed by atoms with van der Waals surface area (Å²) in [5.41, 5.74) is 2.60. The molecule has 0 amide bonds. The molecule has 108 valence electrons. The van der Waals surface area contributed by atoms with E-state index in [1.807, 2.05) is 30.3 Å². The molecule has 0 heterocycles. The molecule has 0 unspecified atom stereocenters. The number of hydrogen-bond donors (Lipinski definition) is 1. The third kappa shape index (κ3) is 2.87. The minimum Gasteiger partial charge on any atom is -0.507 e. The average Bonchev–Trinajstić information content (AvgIpc) is 2.56. The minimum absolute atomic E-state index is 0.103. The number of halogens is 1. The number of aromatic hydroxyl groups is 1. The van der Waals surface area contributed by atoms with E-state index in [4.69, 9.17) is 11.6 Å². The van der Waals surface area contributed by atoms with Crippen LogP contribution in [0.3, 0.4) is 0 Å². The van der Waals surface area contributed by atoms with Gasteiger partial charge >= 0.3 is 0 Å². The highest BCUT2D eigenvalue weighted by Crippen LogP contribution is 2.30. The first kappa shape index (κ1) is 14.4. The second-order valence-electron chi connectivity index (χ2n) is 4.93. The second kappa shape index (κ2) is 6.04. The van der Waals surface area contributed by atoms with E-state index in [0.29, 0.717) is 21.7 Å². The third-order valence-corrected chi connectivity index (χ3v) is 3.70. The maximum absolute atomic E-state index is 12.5. The van der Waals surface area contributed by atoms with Gasteiger partial charge in [-0.2, -0.15) is 0 Å². The number of benzene rings is 3. The molecular weight excluding hydrogens is 296 g/mol. The first-order valence-corrected chi connectivity index (χ1v) is 7.21. The predicted octanol–water partition coefficient (Wildman–Crippen LogP) is 4.94. The van der Waals surface area contributed by atoms with Gasteiger partial charge in [-0.1, -0.05) is 41.9 Å². The van der Waals surface area contributed by atoms with E-state index in [0.717, 1.165) is 5.56 Å². The number of rotatable bonds is 3. The summed E-state index contributed by atoms with van der Waals surface area (Å²) in [5, 5.41) is 10.6. The molecule has 0 aliphatic rings. The maximum Gasteiger partial charge on any atom is 0.193 e. The molecule has 3 aromatic rings. The topological polar surface area (TPSA) is 37.3 Å². The summed E-state index contributed by atoms with van der Waals surface area (Å²) in [6, 6.07) is 21.1. The number of carbonyl (C=O) groups is 1. The predicted molar refractivity (Wildman–Crippen MR) is 88.4 cm³/mol. The lowest BCUT2D eigenvalue weighted by molar-refractivity contribution is 0.103. The van der Waals surface area contributed by atoms with Gasteiger partial charge in [-0.25, -0.2) is 0 Å². The molecule has 22 heavy (non-hydrogen) atoms. The van der Waals surface area contributed by atoms with Crippen molar-refractivity contribution in [3.8, 4) is 16.9 Å². The fraction of sp³-hybridized carbons (Fsp3) is 0. The van der Waals surface area contributed by atoms with Crippen molar-refractivity contribution >= 4 is 17.4 Å². The van der Waals surface area contributed by atoms with Crippen LogP contribution in [0, 0.1) is 0 Å². The van der Waals surface area contributed by atoms with Gasteiger partial charge in [-0.05, 0) is 48.0 Å². The highest BCUT2D eigenvalue weighted by Gasteiger charge is 2.12. The molecule has 0 spiro atoms. The molecule has 0 fully saturated rings. The molecule has 0 aliphatic heterocycles. The summed E-state index contributed by atoms with van der Waals surface area (Å²) in [6.45, 7) is 0. The Balaban J connectivity index is 2.02. The Hall–Kier alpha value is -2.58. The quantitative estimate of drug-likeness (QED) is 0.696. The number of phenolic OH excluding ortho intramolecular Hbond substituents is 1. The first-order valence-electron chi connectivity index (χ1n) is 6.84. The Morgan fingerprint density at radius 2 is 1.45 bits per heavy atom. The Labute approximate surface area is 133 Å². The standard InChI is InChI=1S/C19H13ClO2/c20-16-9-6-14(7-10-16)19(22)15-8-11-18(21)17(12-15)13-4-2-1-3-5-13/h1-12,21H. The fourth-order valence-electron chi connectivity index (χ4n) is 2.29. The first-order chi connectivity index (χ1) is 10.6. The molecule has 0 atom stereocenters. The van der Waals surface area contributed by atoms with Gasteiger partial charge in [0.2, 0.25) is 0 Å². The fourth-order valence-corrected chi connectivity index (χ4v) is 2.42. The molecule has 0 radical (unpaired) electrons. The van der Waals surface area contributed by atoms with Crippen LogP contribution in [0.25, 0.3) is 11.1 Å². The van der Waals surface area contributed by atoms with Gasteiger partial charge < -0.3 is 5.11 Å². The minimum atomic E-state index is -0.103. The van der Waals surface area contributed by atoms with Crippen LogP contribution in [0.1, 0.15) is 15.9 Å². The van der Waals surface area contributed by atoms with Crippen LogP contribution >= 0.6 is 11.6 Å². The third-order valence-electron chi connectivity index (χ3n) is 3.45. The summed E-state index contributed by atoms with van der Waals surface area (Å²) >= 11 is 5.84. The number of ketones is 1. The second-order valence-corrected chi connectivity index (χ2v) is 5.37. The van der Waals surface area contributed by atoms with Crippen molar-refractivity contribution in [3.63, 3.8) is 0 Å². The van der Waals surface area contributed by atoms with Crippen LogP contribution in [0.5, 0.6) is 5.75 Å². The Bertz CT molecular complexity index is 809. The maximum atomic E-state index is 12.5. The molecule has 0 bridgehead atoms. The zero-order valence-corrected chi connectivity index (χ0v) is 12.4. The zero-order chi connectivity index (χ0) is 15.5. The lowest BCUT2D eigenvalue weighted by atomic mass is 9.97. The normalized spacial score (nSPS) is 10.4. The molecule has 2 nitrogen and oxygen atoms in total. The number of carbonyl (C=O) groups excluding carboxylic acids is 1. The van der Waals surface area contributed by atoms with Crippen LogP contribution in [-0.4, -0.2) is 10.9 Å². The van der Waals surface area contributed by atoms with Gasteiger partial charge in [0, 0.05) is 21.7 Å². The van der Waals surface area contributed by atoms with E-state index in [9.17, 15) is 9.90 Å². The molecule has 3 rings (SSSR count).